The van der Waals surface area contributed by atoms with E-state index in [2.05, 4.69) is 23.2 Å². The Morgan fingerprint density at radius 1 is 1.07 bits per heavy atom. The minimum absolute atomic E-state index is 0.114. The Balaban J connectivity index is 1.33. The first-order chi connectivity index (χ1) is 13.7. The summed E-state index contributed by atoms with van der Waals surface area (Å²) < 4.78 is 5.43. The molecule has 1 aromatic heterocycles. The van der Waals surface area contributed by atoms with Crippen LogP contribution in [0.1, 0.15) is 27.9 Å². The number of cyclic esters (lactones) is 1. The van der Waals surface area contributed by atoms with Gasteiger partial charge in [0.25, 0.3) is 5.91 Å². The fraction of sp³-hybridized carbons (Fsp3) is 0.217. The monoisotopic (exact) mass is 372 g/mol. The van der Waals surface area contributed by atoms with E-state index >= 15 is 0 Å². The van der Waals surface area contributed by atoms with E-state index in [1.54, 1.807) is 11.0 Å². The number of carbonyl (C=O) groups is 2. The van der Waals surface area contributed by atoms with E-state index in [9.17, 15) is 9.59 Å². The lowest BCUT2D eigenvalue weighted by molar-refractivity contribution is -0.140. The molecule has 0 saturated carbocycles. The van der Waals surface area contributed by atoms with Crippen molar-refractivity contribution in [2.45, 2.75) is 18.9 Å². The van der Waals surface area contributed by atoms with Gasteiger partial charge >= 0.3 is 5.97 Å². The second-order valence-corrected chi connectivity index (χ2v) is 7.27. The number of rotatable bonds is 2. The molecule has 0 saturated heterocycles. The average molecular weight is 372 g/mol. The third kappa shape index (κ3) is 2.80. The Hall–Kier alpha value is -3.34. The number of hydrogen-bond acceptors (Lipinski definition) is 3. The van der Waals surface area contributed by atoms with Crippen LogP contribution in [0.3, 0.4) is 0 Å². The Labute approximate surface area is 162 Å². The number of H-pyrrole nitrogens is 1. The van der Waals surface area contributed by atoms with Gasteiger partial charge in [-0.2, -0.15) is 0 Å². The minimum atomic E-state index is -0.731. The average Bonchev–Trinajstić information content (AvgIpc) is 3.17. The Morgan fingerprint density at radius 3 is 2.75 bits per heavy atom. The summed E-state index contributed by atoms with van der Waals surface area (Å²) >= 11 is 0. The first-order valence-corrected chi connectivity index (χ1v) is 9.54. The molecule has 0 radical (unpaired) electrons. The fourth-order valence-corrected chi connectivity index (χ4v) is 4.12. The van der Waals surface area contributed by atoms with E-state index in [-0.39, 0.29) is 5.91 Å². The van der Waals surface area contributed by atoms with Crippen LogP contribution in [-0.4, -0.2) is 41.0 Å². The van der Waals surface area contributed by atoms with Crippen LogP contribution in [0.15, 0.2) is 60.8 Å². The molecule has 5 heteroatoms. The first-order valence-electron chi connectivity index (χ1n) is 9.54. The molecule has 3 aromatic rings. The maximum atomic E-state index is 12.9. The molecule has 0 fully saturated rings. The van der Waals surface area contributed by atoms with Crippen LogP contribution in [0, 0.1) is 0 Å². The van der Waals surface area contributed by atoms with Crippen molar-refractivity contribution in [2.24, 2.45) is 0 Å². The number of para-hydroxylation sites is 1. The van der Waals surface area contributed by atoms with Crippen LogP contribution in [0.5, 0.6) is 0 Å². The zero-order chi connectivity index (χ0) is 19.1. The number of hydrogen-bond donors (Lipinski definition) is 1. The van der Waals surface area contributed by atoms with Crippen LogP contribution >= 0.6 is 0 Å². The summed E-state index contributed by atoms with van der Waals surface area (Å²) in [6.45, 7) is 1.16. The van der Waals surface area contributed by atoms with E-state index < -0.39 is 12.1 Å². The SMILES string of the molecule is O=C1O[C@@H](C(=O)N2CC=C(c3c[nH]c4ccccc34)CC2)Cc2ccccc21. The van der Waals surface area contributed by atoms with Crippen molar-refractivity contribution < 1.29 is 14.3 Å². The zero-order valence-electron chi connectivity index (χ0n) is 15.4. The summed E-state index contributed by atoms with van der Waals surface area (Å²) in [5, 5.41) is 1.20. The van der Waals surface area contributed by atoms with Crippen LogP contribution in [0.4, 0.5) is 0 Å². The molecule has 0 spiro atoms. The highest BCUT2D eigenvalue weighted by Gasteiger charge is 2.34. The van der Waals surface area contributed by atoms with Crippen molar-refractivity contribution in [3.63, 3.8) is 0 Å². The summed E-state index contributed by atoms with van der Waals surface area (Å²) in [6.07, 6.45) is 4.63. The predicted molar refractivity (Wildman–Crippen MR) is 107 cm³/mol. The maximum absolute atomic E-state index is 12.9. The van der Waals surface area contributed by atoms with Crippen LogP contribution in [0.25, 0.3) is 16.5 Å². The summed E-state index contributed by atoms with van der Waals surface area (Å²) in [6, 6.07) is 15.6. The lowest BCUT2D eigenvalue weighted by Gasteiger charge is -2.31. The van der Waals surface area contributed by atoms with Crippen molar-refractivity contribution in [3.8, 4) is 0 Å². The van der Waals surface area contributed by atoms with Gasteiger partial charge in [0.05, 0.1) is 5.56 Å². The molecule has 0 unspecified atom stereocenters. The van der Waals surface area contributed by atoms with Gasteiger partial charge in [-0.1, -0.05) is 42.5 Å². The number of amides is 1. The Morgan fingerprint density at radius 2 is 1.89 bits per heavy atom. The fourth-order valence-electron chi connectivity index (χ4n) is 4.12. The smallest absolute Gasteiger partial charge is 0.339 e. The number of fused-ring (bicyclic) bond motifs is 2. The van der Waals surface area contributed by atoms with Crippen molar-refractivity contribution in [3.05, 3.63) is 77.5 Å². The highest BCUT2D eigenvalue weighted by atomic mass is 16.5. The lowest BCUT2D eigenvalue weighted by Crippen LogP contribution is -2.45. The summed E-state index contributed by atoms with van der Waals surface area (Å²) in [5.74, 6) is -0.524. The molecular formula is C23H20N2O3. The topological polar surface area (TPSA) is 62.4 Å². The standard InChI is InChI=1S/C23H20N2O3/c26-22(21-13-16-5-1-2-6-17(16)23(27)28-21)25-11-9-15(10-12-25)19-14-24-20-8-4-3-7-18(19)20/h1-9,14,21,24H,10-13H2/t21-/m1/s1. The van der Waals surface area contributed by atoms with Gasteiger partial charge in [0.2, 0.25) is 0 Å². The van der Waals surface area contributed by atoms with E-state index in [1.807, 2.05) is 36.5 Å². The predicted octanol–water partition coefficient (Wildman–Crippen LogP) is 3.57. The Bertz CT molecular complexity index is 1110. The van der Waals surface area contributed by atoms with Gasteiger partial charge in [0.1, 0.15) is 0 Å². The van der Waals surface area contributed by atoms with Crippen molar-refractivity contribution in [1.29, 1.82) is 0 Å². The molecule has 1 N–H and O–H groups in total. The molecule has 3 heterocycles. The molecule has 5 rings (SSSR count). The molecule has 1 amide bonds. The molecule has 140 valence electrons. The molecular weight excluding hydrogens is 352 g/mol. The number of nitrogens with zero attached hydrogens (tertiary/aromatic N) is 1. The van der Waals surface area contributed by atoms with Gasteiger partial charge in [-0.05, 0) is 29.7 Å². The molecule has 0 aliphatic carbocycles. The van der Waals surface area contributed by atoms with Crippen molar-refractivity contribution in [1.82, 2.24) is 9.88 Å². The van der Waals surface area contributed by atoms with Crippen LogP contribution < -0.4 is 0 Å². The third-order valence-corrected chi connectivity index (χ3v) is 5.62. The maximum Gasteiger partial charge on any atom is 0.339 e. The van der Waals surface area contributed by atoms with Crippen LogP contribution in [0.2, 0.25) is 0 Å². The van der Waals surface area contributed by atoms with Gasteiger partial charge in [-0.15, -0.1) is 0 Å². The molecule has 2 aliphatic heterocycles. The molecule has 2 aliphatic rings. The van der Waals surface area contributed by atoms with Gasteiger partial charge < -0.3 is 14.6 Å². The summed E-state index contributed by atoms with van der Waals surface area (Å²) in [7, 11) is 0. The van der Waals surface area contributed by atoms with E-state index in [4.69, 9.17) is 4.74 Å². The van der Waals surface area contributed by atoms with Crippen LogP contribution in [-0.2, 0) is 16.0 Å². The summed E-state index contributed by atoms with van der Waals surface area (Å²) in [4.78, 5) is 30.2. The Kier molecular flexibility index (Phi) is 4.01. The third-order valence-electron chi connectivity index (χ3n) is 5.62. The number of nitrogens with one attached hydrogen (secondary N) is 1. The quantitative estimate of drug-likeness (QED) is 0.700. The second-order valence-electron chi connectivity index (χ2n) is 7.27. The van der Waals surface area contributed by atoms with Gasteiger partial charge in [-0.3, -0.25) is 4.79 Å². The second kappa shape index (κ2) is 6.68. The van der Waals surface area contributed by atoms with Gasteiger partial charge in [0, 0.05) is 42.2 Å². The highest BCUT2D eigenvalue weighted by molar-refractivity contribution is 5.96. The van der Waals surface area contributed by atoms with Gasteiger partial charge in [-0.25, -0.2) is 4.79 Å². The number of esters is 1. The lowest BCUT2D eigenvalue weighted by atomic mass is 9.96. The minimum Gasteiger partial charge on any atom is -0.448 e. The number of ether oxygens (including phenoxy) is 1. The molecule has 5 nitrogen and oxygen atoms in total. The largest absolute Gasteiger partial charge is 0.448 e. The number of carbonyl (C=O) groups excluding carboxylic acids is 2. The zero-order valence-corrected chi connectivity index (χ0v) is 15.4. The molecule has 2 aromatic carbocycles. The first kappa shape index (κ1) is 16.8. The molecule has 0 bridgehead atoms. The number of benzene rings is 2. The summed E-state index contributed by atoms with van der Waals surface area (Å²) in [5.41, 5.74) is 4.99. The van der Waals surface area contributed by atoms with E-state index in [0.717, 1.165) is 17.5 Å². The van der Waals surface area contributed by atoms with Gasteiger partial charge in [0.15, 0.2) is 6.10 Å². The highest BCUT2D eigenvalue weighted by Crippen LogP contribution is 2.30. The number of aromatic amines is 1. The van der Waals surface area contributed by atoms with Crippen molar-refractivity contribution >= 4 is 28.4 Å². The normalized spacial score (nSPS) is 19.1. The molecule has 28 heavy (non-hydrogen) atoms. The van der Waals surface area contributed by atoms with Crippen molar-refractivity contribution in [2.75, 3.05) is 13.1 Å². The molecule has 1 atom stereocenters. The van der Waals surface area contributed by atoms with E-state index in [1.165, 1.54) is 16.5 Å². The number of aromatic nitrogens is 1. The van der Waals surface area contributed by atoms with E-state index in [0.29, 0.717) is 25.1 Å².